The first-order valence-corrected chi connectivity index (χ1v) is 10.7. The van der Waals surface area contributed by atoms with Crippen molar-refractivity contribution in [3.63, 3.8) is 0 Å². The summed E-state index contributed by atoms with van der Waals surface area (Å²) in [5.74, 6) is 3.88. The Kier molecular flexibility index (Phi) is 6.24. The zero-order valence-corrected chi connectivity index (χ0v) is 16.9. The third-order valence-electron chi connectivity index (χ3n) is 5.86. The van der Waals surface area contributed by atoms with E-state index in [-0.39, 0.29) is 0 Å². The fraction of sp³-hybridized carbons (Fsp3) is 0.591. The summed E-state index contributed by atoms with van der Waals surface area (Å²) in [5, 5.41) is 3.43. The van der Waals surface area contributed by atoms with Gasteiger partial charge in [-0.25, -0.2) is 0 Å². The smallest absolute Gasteiger partial charge is 0.230 e. The maximum atomic E-state index is 5.24. The Hall–Kier alpha value is -2.37. The molecule has 2 fully saturated rings. The predicted molar refractivity (Wildman–Crippen MR) is 112 cm³/mol. The van der Waals surface area contributed by atoms with Crippen LogP contribution < -0.4 is 15.0 Å². The molecule has 0 amide bonds. The zero-order valence-electron chi connectivity index (χ0n) is 16.9. The second-order valence-electron chi connectivity index (χ2n) is 7.90. The third kappa shape index (κ3) is 4.72. The van der Waals surface area contributed by atoms with Crippen molar-refractivity contribution in [3.8, 4) is 5.75 Å². The number of nitrogens with one attached hydrogen (secondary N) is 1. The molecule has 6 heteroatoms. The molecule has 0 unspecified atom stereocenters. The van der Waals surface area contributed by atoms with E-state index in [0.29, 0.717) is 18.4 Å². The summed E-state index contributed by atoms with van der Waals surface area (Å²) in [6.45, 7) is 2.79. The van der Waals surface area contributed by atoms with Crippen LogP contribution in [0.25, 0.3) is 0 Å². The minimum atomic E-state index is 0.474. The summed E-state index contributed by atoms with van der Waals surface area (Å²) < 4.78 is 5.24. The Labute approximate surface area is 167 Å². The van der Waals surface area contributed by atoms with E-state index in [1.807, 2.05) is 12.1 Å². The molecule has 1 aromatic carbocycles. The van der Waals surface area contributed by atoms with Gasteiger partial charge in [-0.1, -0.05) is 31.4 Å². The Morgan fingerprint density at radius 3 is 2.36 bits per heavy atom. The lowest BCUT2D eigenvalue weighted by atomic mass is 9.89. The molecular formula is C22H31N5O. The lowest BCUT2D eigenvalue weighted by Gasteiger charge is -2.28. The quantitative estimate of drug-likeness (QED) is 0.793. The van der Waals surface area contributed by atoms with Crippen molar-refractivity contribution in [2.75, 3.05) is 30.4 Å². The van der Waals surface area contributed by atoms with E-state index >= 15 is 0 Å². The van der Waals surface area contributed by atoms with Crippen LogP contribution in [0.5, 0.6) is 5.75 Å². The largest absolute Gasteiger partial charge is 0.497 e. The van der Waals surface area contributed by atoms with Crippen molar-refractivity contribution in [2.24, 2.45) is 0 Å². The van der Waals surface area contributed by atoms with Crippen LogP contribution in [0, 0.1) is 0 Å². The van der Waals surface area contributed by atoms with Gasteiger partial charge in [0, 0.05) is 25.6 Å². The monoisotopic (exact) mass is 381 g/mol. The maximum absolute atomic E-state index is 5.24. The van der Waals surface area contributed by atoms with E-state index in [2.05, 4.69) is 22.3 Å². The lowest BCUT2D eigenvalue weighted by molar-refractivity contribution is 0.414. The molecule has 0 atom stereocenters. The molecule has 1 saturated heterocycles. The molecular weight excluding hydrogens is 350 g/mol. The zero-order chi connectivity index (χ0) is 19.2. The number of ether oxygens (including phenoxy) is 1. The van der Waals surface area contributed by atoms with Crippen molar-refractivity contribution in [3.05, 3.63) is 35.7 Å². The second kappa shape index (κ2) is 9.22. The molecule has 150 valence electrons. The first kappa shape index (κ1) is 19.0. The summed E-state index contributed by atoms with van der Waals surface area (Å²) >= 11 is 0. The van der Waals surface area contributed by atoms with Gasteiger partial charge in [0.05, 0.1) is 7.11 Å². The van der Waals surface area contributed by atoms with Crippen LogP contribution in [-0.2, 0) is 6.54 Å². The molecule has 1 aliphatic carbocycles. The number of methoxy groups -OCH3 is 1. The average Bonchev–Trinajstić information content (AvgIpc) is 2.79. The van der Waals surface area contributed by atoms with Gasteiger partial charge in [-0.2, -0.15) is 15.0 Å². The summed E-state index contributed by atoms with van der Waals surface area (Å²) in [4.78, 5) is 16.8. The summed E-state index contributed by atoms with van der Waals surface area (Å²) in [6, 6.07) is 8.11. The van der Waals surface area contributed by atoms with Gasteiger partial charge in [0.2, 0.25) is 11.9 Å². The topological polar surface area (TPSA) is 63.2 Å². The van der Waals surface area contributed by atoms with Crippen molar-refractivity contribution in [2.45, 2.75) is 63.8 Å². The minimum Gasteiger partial charge on any atom is -0.497 e. The second-order valence-corrected chi connectivity index (χ2v) is 7.90. The van der Waals surface area contributed by atoms with Crippen LogP contribution >= 0.6 is 0 Å². The Balaban J connectivity index is 1.53. The molecule has 2 aromatic rings. The van der Waals surface area contributed by atoms with E-state index in [1.54, 1.807) is 7.11 Å². The van der Waals surface area contributed by atoms with Crippen molar-refractivity contribution < 1.29 is 4.74 Å². The third-order valence-corrected chi connectivity index (χ3v) is 5.86. The molecule has 2 heterocycles. The van der Waals surface area contributed by atoms with Crippen LogP contribution in [0.2, 0.25) is 0 Å². The fourth-order valence-corrected chi connectivity index (χ4v) is 4.16. The number of hydrogen-bond donors (Lipinski definition) is 1. The lowest BCUT2D eigenvalue weighted by Crippen LogP contribution is -2.32. The Bertz CT molecular complexity index is 716. The molecule has 1 N–H and O–H groups in total. The van der Waals surface area contributed by atoms with Crippen LogP contribution in [0.15, 0.2) is 24.3 Å². The fourth-order valence-electron chi connectivity index (χ4n) is 4.16. The number of piperidine rings is 1. The molecule has 6 nitrogen and oxygen atoms in total. The standard InChI is InChI=1S/C22H31N5O/c1-28-19-12-10-17(11-13-19)16-23-21-24-20(18-8-4-2-5-9-18)25-22(26-21)27-14-6-3-7-15-27/h10-13,18H,2-9,14-16H2,1H3,(H,23,24,25,26). The molecule has 1 aliphatic heterocycles. The first-order valence-electron chi connectivity index (χ1n) is 10.7. The summed E-state index contributed by atoms with van der Waals surface area (Å²) in [6.07, 6.45) is 10.0. The highest BCUT2D eigenvalue weighted by molar-refractivity contribution is 5.39. The molecule has 4 rings (SSSR count). The summed E-state index contributed by atoms with van der Waals surface area (Å²) in [5.41, 5.74) is 1.18. The molecule has 2 aliphatic rings. The number of anilines is 2. The van der Waals surface area contributed by atoms with Crippen LogP contribution in [0.3, 0.4) is 0 Å². The van der Waals surface area contributed by atoms with Crippen molar-refractivity contribution in [1.82, 2.24) is 15.0 Å². The van der Waals surface area contributed by atoms with Gasteiger partial charge in [-0.05, 0) is 49.8 Å². The average molecular weight is 382 g/mol. The highest BCUT2D eigenvalue weighted by Gasteiger charge is 2.22. The van der Waals surface area contributed by atoms with Gasteiger partial charge in [-0.3, -0.25) is 0 Å². The number of rotatable bonds is 6. The minimum absolute atomic E-state index is 0.474. The van der Waals surface area contributed by atoms with Crippen molar-refractivity contribution in [1.29, 1.82) is 0 Å². The number of nitrogens with zero attached hydrogens (tertiary/aromatic N) is 4. The molecule has 0 spiro atoms. The molecule has 1 aromatic heterocycles. The van der Waals surface area contributed by atoms with Gasteiger partial charge in [0.15, 0.2) is 0 Å². The molecule has 28 heavy (non-hydrogen) atoms. The molecule has 0 bridgehead atoms. The normalized spacial score (nSPS) is 18.1. The van der Waals surface area contributed by atoms with E-state index in [0.717, 1.165) is 30.6 Å². The van der Waals surface area contributed by atoms with Crippen LogP contribution in [-0.4, -0.2) is 35.2 Å². The molecule has 0 radical (unpaired) electrons. The number of hydrogen-bond acceptors (Lipinski definition) is 6. The van der Waals surface area contributed by atoms with E-state index in [9.17, 15) is 0 Å². The molecule has 1 saturated carbocycles. The highest BCUT2D eigenvalue weighted by atomic mass is 16.5. The summed E-state index contributed by atoms with van der Waals surface area (Å²) in [7, 11) is 1.69. The van der Waals surface area contributed by atoms with E-state index in [4.69, 9.17) is 19.7 Å². The Morgan fingerprint density at radius 2 is 1.64 bits per heavy atom. The van der Waals surface area contributed by atoms with Crippen molar-refractivity contribution >= 4 is 11.9 Å². The van der Waals surface area contributed by atoms with Gasteiger partial charge in [-0.15, -0.1) is 0 Å². The first-order chi connectivity index (χ1) is 13.8. The number of benzene rings is 1. The SMILES string of the molecule is COc1ccc(CNc2nc(C3CCCCC3)nc(N3CCCCC3)n2)cc1. The van der Waals surface area contributed by atoms with Crippen LogP contribution in [0.1, 0.15) is 68.7 Å². The van der Waals surface area contributed by atoms with Gasteiger partial charge in [0.1, 0.15) is 11.6 Å². The number of aromatic nitrogens is 3. The van der Waals surface area contributed by atoms with E-state index < -0.39 is 0 Å². The van der Waals surface area contributed by atoms with Gasteiger partial charge >= 0.3 is 0 Å². The van der Waals surface area contributed by atoms with E-state index in [1.165, 1.54) is 56.9 Å². The predicted octanol–water partition coefficient (Wildman–Crippen LogP) is 4.53. The Morgan fingerprint density at radius 1 is 0.929 bits per heavy atom. The van der Waals surface area contributed by atoms with Crippen LogP contribution in [0.4, 0.5) is 11.9 Å². The van der Waals surface area contributed by atoms with Gasteiger partial charge < -0.3 is 15.0 Å². The maximum Gasteiger partial charge on any atom is 0.230 e. The van der Waals surface area contributed by atoms with Gasteiger partial charge in [0.25, 0.3) is 0 Å². The highest BCUT2D eigenvalue weighted by Crippen LogP contribution is 2.32.